The second-order valence-electron chi connectivity index (χ2n) is 6.67. The number of hydrogen-bond acceptors (Lipinski definition) is 4. The van der Waals surface area contributed by atoms with Crippen molar-refractivity contribution >= 4 is 11.4 Å². The van der Waals surface area contributed by atoms with Gasteiger partial charge in [0.2, 0.25) is 0 Å². The van der Waals surface area contributed by atoms with Crippen molar-refractivity contribution < 1.29 is 9.84 Å². The molecule has 0 bridgehead atoms. The van der Waals surface area contributed by atoms with Gasteiger partial charge in [-0.25, -0.2) is 0 Å². The van der Waals surface area contributed by atoms with Crippen LogP contribution >= 0.6 is 0 Å². The van der Waals surface area contributed by atoms with Crippen LogP contribution in [0.1, 0.15) is 23.7 Å². The lowest BCUT2D eigenvalue weighted by Gasteiger charge is -2.28. The monoisotopic (exact) mass is 324 g/mol. The molecule has 2 aromatic carbocycles. The molecule has 1 unspecified atom stereocenters. The van der Waals surface area contributed by atoms with E-state index < -0.39 is 6.10 Å². The number of fused-ring (bicyclic) bond motifs is 2. The molecule has 2 heterocycles. The number of benzene rings is 2. The van der Waals surface area contributed by atoms with Gasteiger partial charge >= 0.3 is 0 Å². The van der Waals surface area contributed by atoms with Crippen molar-refractivity contribution in [2.24, 2.45) is 0 Å². The van der Waals surface area contributed by atoms with Crippen molar-refractivity contribution in [2.75, 3.05) is 43.1 Å². The molecule has 1 atom stereocenters. The lowest BCUT2D eigenvalue weighted by atomic mass is 10.0. The minimum atomic E-state index is -0.459. The summed E-state index contributed by atoms with van der Waals surface area (Å²) in [4.78, 5) is 4.57. The molecular weight excluding hydrogens is 300 g/mol. The zero-order valence-corrected chi connectivity index (χ0v) is 14.1. The highest BCUT2D eigenvalue weighted by molar-refractivity contribution is 5.61. The Kier molecular flexibility index (Phi) is 4.07. The van der Waals surface area contributed by atoms with Gasteiger partial charge in [0.25, 0.3) is 0 Å². The molecule has 0 saturated carbocycles. The van der Waals surface area contributed by atoms with Gasteiger partial charge in [0, 0.05) is 25.8 Å². The third-order valence-electron chi connectivity index (χ3n) is 5.12. The van der Waals surface area contributed by atoms with Crippen molar-refractivity contribution in [2.45, 2.75) is 18.9 Å². The molecule has 126 valence electrons. The zero-order chi connectivity index (χ0) is 16.5. The predicted molar refractivity (Wildman–Crippen MR) is 97.1 cm³/mol. The Bertz CT molecular complexity index is 731. The number of hydrogen-bond donors (Lipinski definition) is 1. The van der Waals surface area contributed by atoms with Crippen LogP contribution in [0.3, 0.4) is 0 Å². The Hall–Kier alpha value is -2.20. The Balaban J connectivity index is 1.43. The lowest BCUT2D eigenvalue weighted by molar-refractivity contribution is 0.169. The Morgan fingerprint density at radius 2 is 2.00 bits per heavy atom. The summed E-state index contributed by atoms with van der Waals surface area (Å²) in [5.74, 6) is 0.881. The van der Waals surface area contributed by atoms with Crippen LogP contribution < -0.4 is 14.5 Å². The van der Waals surface area contributed by atoms with Crippen LogP contribution in [0.25, 0.3) is 0 Å². The van der Waals surface area contributed by atoms with E-state index in [1.165, 1.54) is 11.3 Å². The molecule has 2 aromatic rings. The van der Waals surface area contributed by atoms with Gasteiger partial charge in [-0.3, -0.25) is 0 Å². The molecule has 2 aliphatic rings. The van der Waals surface area contributed by atoms with E-state index in [1.54, 1.807) is 0 Å². The normalized spacial score (nSPS) is 17.2. The van der Waals surface area contributed by atoms with Crippen LogP contribution in [-0.2, 0) is 6.42 Å². The smallest absolute Gasteiger partial charge is 0.143 e. The van der Waals surface area contributed by atoms with Crippen molar-refractivity contribution in [3.8, 4) is 5.75 Å². The molecule has 0 aromatic heterocycles. The highest BCUT2D eigenvalue weighted by Crippen LogP contribution is 2.34. The van der Waals surface area contributed by atoms with Gasteiger partial charge in [0.05, 0.1) is 18.3 Å². The standard InChI is InChI=1S/C20H24N2O2/c1-21-12-13-24-20-14-16(6-7-18(20)21)19(23)9-11-22-10-8-15-4-2-3-5-17(15)22/h2-7,14,19,23H,8-13H2,1H3. The SMILES string of the molecule is CN1CCOc2cc(C(O)CCN3CCc4ccccc43)ccc21. The molecular formula is C20H24N2O2. The van der Waals surface area contributed by atoms with Crippen LogP contribution in [0, 0.1) is 0 Å². The summed E-state index contributed by atoms with van der Waals surface area (Å²) >= 11 is 0. The molecule has 0 aliphatic carbocycles. The Labute approximate surface area is 143 Å². The zero-order valence-electron chi connectivity index (χ0n) is 14.1. The number of nitrogens with zero attached hydrogens (tertiary/aromatic N) is 2. The van der Waals surface area contributed by atoms with Crippen LogP contribution in [-0.4, -0.2) is 38.4 Å². The number of anilines is 2. The molecule has 0 saturated heterocycles. The van der Waals surface area contributed by atoms with Gasteiger partial charge in [0.1, 0.15) is 12.4 Å². The predicted octanol–water partition coefficient (Wildman–Crippen LogP) is 3.00. The van der Waals surface area contributed by atoms with E-state index >= 15 is 0 Å². The maximum atomic E-state index is 10.6. The number of aliphatic hydroxyl groups excluding tert-OH is 1. The van der Waals surface area contributed by atoms with Crippen molar-refractivity contribution in [1.82, 2.24) is 0 Å². The van der Waals surface area contributed by atoms with E-state index in [0.29, 0.717) is 6.61 Å². The lowest BCUT2D eigenvalue weighted by Crippen LogP contribution is -2.28. The van der Waals surface area contributed by atoms with E-state index in [9.17, 15) is 5.11 Å². The van der Waals surface area contributed by atoms with Crippen molar-refractivity contribution in [3.05, 3.63) is 53.6 Å². The molecule has 0 spiro atoms. The highest BCUT2D eigenvalue weighted by atomic mass is 16.5. The second-order valence-corrected chi connectivity index (χ2v) is 6.67. The Morgan fingerprint density at radius 3 is 2.92 bits per heavy atom. The largest absolute Gasteiger partial charge is 0.490 e. The third-order valence-corrected chi connectivity index (χ3v) is 5.12. The second kappa shape index (κ2) is 6.36. The molecule has 24 heavy (non-hydrogen) atoms. The highest BCUT2D eigenvalue weighted by Gasteiger charge is 2.21. The maximum absolute atomic E-state index is 10.6. The number of likely N-dealkylation sites (N-methyl/N-ethyl adjacent to an activating group) is 1. The van der Waals surface area contributed by atoms with Gasteiger partial charge in [0.15, 0.2) is 0 Å². The van der Waals surface area contributed by atoms with E-state index in [0.717, 1.165) is 49.5 Å². The number of rotatable bonds is 4. The Morgan fingerprint density at radius 1 is 1.12 bits per heavy atom. The molecule has 4 rings (SSSR count). The molecule has 2 aliphatic heterocycles. The summed E-state index contributed by atoms with van der Waals surface area (Å²) in [5.41, 5.74) is 4.78. The molecule has 0 radical (unpaired) electrons. The fourth-order valence-corrected chi connectivity index (χ4v) is 3.67. The van der Waals surface area contributed by atoms with Gasteiger partial charge in [-0.05, 0) is 42.2 Å². The first-order valence-electron chi connectivity index (χ1n) is 8.71. The van der Waals surface area contributed by atoms with Crippen molar-refractivity contribution in [1.29, 1.82) is 0 Å². The third kappa shape index (κ3) is 2.82. The summed E-state index contributed by atoms with van der Waals surface area (Å²) in [5, 5.41) is 10.6. The van der Waals surface area contributed by atoms with E-state index in [1.807, 2.05) is 12.1 Å². The molecule has 4 nitrogen and oxygen atoms in total. The average molecular weight is 324 g/mol. The van der Waals surface area contributed by atoms with Crippen LogP contribution in [0.15, 0.2) is 42.5 Å². The quantitative estimate of drug-likeness (QED) is 0.938. The maximum Gasteiger partial charge on any atom is 0.143 e. The summed E-state index contributed by atoms with van der Waals surface area (Å²) < 4.78 is 5.75. The van der Waals surface area contributed by atoms with Crippen LogP contribution in [0.5, 0.6) is 5.75 Å². The van der Waals surface area contributed by atoms with E-state index in [2.05, 4.69) is 47.2 Å². The van der Waals surface area contributed by atoms with E-state index in [4.69, 9.17) is 4.74 Å². The van der Waals surface area contributed by atoms with Gasteiger partial charge in [-0.1, -0.05) is 24.3 Å². The topological polar surface area (TPSA) is 35.9 Å². The van der Waals surface area contributed by atoms with E-state index in [-0.39, 0.29) is 0 Å². The number of para-hydroxylation sites is 1. The molecule has 0 amide bonds. The number of aliphatic hydroxyl groups is 1. The molecule has 0 fully saturated rings. The summed E-state index contributed by atoms with van der Waals surface area (Å²) in [6, 6.07) is 14.6. The fraction of sp³-hybridized carbons (Fsp3) is 0.400. The first kappa shape index (κ1) is 15.3. The fourth-order valence-electron chi connectivity index (χ4n) is 3.67. The minimum absolute atomic E-state index is 0.459. The van der Waals surface area contributed by atoms with Crippen LogP contribution in [0.4, 0.5) is 11.4 Å². The molecule has 1 N–H and O–H groups in total. The van der Waals surface area contributed by atoms with Gasteiger partial charge in [-0.15, -0.1) is 0 Å². The van der Waals surface area contributed by atoms with Crippen molar-refractivity contribution in [3.63, 3.8) is 0 Å². The first-order valence-corrected chi connectivity index (χ1v) is 8.71. The summed E-state index contributed by atoms with van der Waals surface area (Å²) in [6.45, 7) is 3.52. The average Bonchev–Trinajstić information content (AvgIpc) is 3.03. The summed E-state index contributed by atoms with van der Waals surface area (Å²) in [6.07, 6.45) is 1.37. The molecule has 4 heteroatoms. The van der Waals surface area contributed by atoms with Gasteiger partial charge in [-0.2, -0.15) is 0 Å². The van der Waals surface area contributed by atoms with Gasteiger partial charge < -0.3 is 19.6 Å². The minimum Gasteiger partial charge on any atom is -0.490 e. The van der Waals surface area contributed by atoms with Crippen LogP contribution in [0.2, 0.25) is 0 Å². The first-order chi connectivity index (χ1) is 11.7. The summed E-state index contributed by atoms with van der Waals surface area (Å²) in [7, 11) is 2.07. The number of ether oxygens (including phenoxy) is 1.